The number of benzene rings is 2. The Morgan fingerprint density at radius 3 is 2.52 bits per heavy atom. The zero-order valence-corrected chi connectivity index (χ0v) is 18.6. The number of rotatable bonds is 9. The molecule has 0 aromatic heterocycles. The maximum absolute atomic E-state index is 13.3. The predicted molar refractivity (Wildman–Crippen MR) is 120 cm³/mol. The number of piperidine rings is 1. The molecule has 1 fully saturated rings. The van der Waals surface area contributed by atoms with Gasteiger partial charge < -0.3 is 19.7 Å². The summed E-state index contributed by atoms with van der Waals surface area (Å²) in [5, 5.41) is 3.08. The molecule has 2 amide bonds. The van der Waals surface area contributed by atoms with Crippen molar-refractivity contribution in [2.24, 2.45) is 5.92 Å². The number of carbonyl (C=O) groups is 2. The van der Waals surface area contributed by atoms with Crippen molar-refractivity contribution in [2.45, 2.75) is 45.2 Å². The van der Waals surface area contributed by atoms with Gasteiger partial charge >= 0.3 is 0 Å². The molecule has 0 unspecified atom stereocenters. The molecule has 1 aliphatic heterocycles. The van der Waals surface area contributed by atoms with Gasteiger partial charge in [0, 0.05) is 25.1 Å². The number of nitrogens with zero attached hydrogens (tertiary/aromatic N) is 1. The van der Waals surface area contributed by atoms with E-state index < -0.39 is 0 Å². The molecule has 166 valence electrons. The Morgan fingerprint density at radius 1 is 1.10 bits per heavy atom. The number of methoxy groups -OCH3 is 2. The van der Waals surface area contributed by atoms with Crippen LogP contribution < -0.4 is 14.8 Å². The van der Waals surface area contributed by atoms with E-state index in [9.17, 15) is 9.59 Å². The van der Waals surface area contributed by atoms with Gasteiger partial charge in [0.25, 0.3) is 0 Å². The van der Waals surface area contributed by atoms with E-state index in [1.165, 1.54) is 0 Å². The highest BCUT2D eigenvalue weighted by Crippen LogP contribution is 2.38. The standard InChI is InChI=1S/C25H32N2O4/c1-4-5-16-27-23(28)15-14-21(24(27)18-10-12-20(30-2)13-11-18)25(29)26-17-19-8-6-7-9-22(19)31-3/h6-13,21,24H,4-5,14-17H2,1-3H3,(H,26,29)/t21-,24+/m0/s1. The van der Waals surface area contributed by atoms with Gasteiger partial charge in [-0.3, -0.25) is 9.59 Å². The quantitative estimate of drug-likeness (QED) is 0.658. The van der Waals surface area contributed by atoms with E-state index in [-0.39, 0.29) is 23.8 Å². The zero-order chi connectivity index (χ0) is 22.2. The first-order valence-corrected chi connectivity index (χ1v) is 10.9. The molecule has 2 aromatic rings. The van der Waals surface area contributed by atoms with E-state index >= 15 is 0 Å². The van der Waals surface area contributed by atoms with Crippen LogP contribution in [0.25, 0.3) is 0 Å². The van der Waals surface area contributed by atoms with Crippen molar-refractivity contribution in [2.75, 3.05) is 20.8 Å². The molecule has 0 spiro atoms. The molecule has 31 heavy (non-hydrogen) atoms. The number of likely N-dealkylation sites (tertiary alicyclic amines) is 1. The Hall–Kier alpha value is -3.02. The number of unbranched alkanes of at least 4 members (excludes halogenated alkanes) is 1. The summed E-state index contributed by atoms with van der Waals surface area (Å²) < 4.78 is 10.7. The maximum atomic E-state index is 13.3. The fourth-order valence-electron chi connectivity index (χ4n) is 4.20. The lowest BCUT2D eigenvalue weighted by Crippen LogP contribution is -2.48. The first-order chi connectivity index (χ1) is 15.1. The number of nitrogens with one attached hydrogen (secondary N) is 1. The summed E-state index contributed by atoms with van der Waals surface area (Å²) in [5.41, 5.74) is 1.89. The maximum Gasteiger partial charge on any atom is 0.225 e. The second kappa shape index (κ2) is 10.8. The van der Waals surface area contributed by atoms with Crippen LogP contribution in [0, 0.1) is 5.92 Å². The number of para-hydroxylation sites is 1. The molecule has 6 heteroatoms. The van der Waals surface area contributed by atoms with E-state index in [1.807, 2.05) is 53.4 Å². The van der Waals surface area contributed by atoms with Crippen molar-refractivity contribution in [1.82, 2.24) is 10.2 Å². The highest BCUT2D eigenvalue weighted by atomic mass is 16.5. The Balaban J connectivity index is 1.83. The molecule has 2 aromatic carbocycles. The van der Waals surface area contributed by atoms with Gasteiger partial charge in [-0.2, -0.15) is 0 Å². The Bertz CT molecular complexity index is 881. The van der Waals surface area contributed by atoms with Crippen LogP contribution in [0.4, 0.5) is 0 Å². The molecule has 3 rings (SSSR count). The summed E-state index contributed by atoms with van der Waals surface area (Å²) in [4.78, 5) is 28.0. The van der Waals surface area contributed by atoms with Crippen LogP contribution in [-0.2, 0) is 16.1 Å². The molecule has 0 radical (unpaired) electrons. The second-order valence-corrected chi connectivity index (χ2v) is 7.83. The summed E-state index contributed by atoms with van der Waals surface area (Å²) in [6.45, 7) is 3.15. The molecular formula is C25H32N2O4. The highest BCUT2D eigenvalue weighted by Gasteiger charge is 2.40. The van der Waals surface area contributed by atoms with Gasteiger partial charge in [-0.05, 0) is 36.6 Å². The largest absolute Gasteiger partial charge is 0.497 e. The minimum absolute atomic E-state index is 0.0410. The van der Waals surface area contributed by atoms with Gasteiger partial charge in [0.05, 0.1) is 26.2 Å². The normalized spacial score (nSPS) is 18.5. The molecule has 1 N–H and O–H groups in total. The summed E-state index contributed by atoms with van der Waals surface area (Å²) in [6.07, 6.45) is 2.83. The van der Waals surface area contributed by atoms with Gasteiger partial charge in [-0.1, -0.05) is 43.7 Å². The summed E-state index contributed by atoms with van der Waals surface area (Å²) in [6, 6.07) is 15.1. The smallest absolute Gasteiger partial charge is 0.225 e. The number of ether oxygens (including phenoxy) is 2. The fraction of sp³-hybridized carbons (Fsp3) is 0.440. The average Bonchev–Trinajstić information content (AvgIpc) is 2.81. The molecule has 0 aliphatic carbocycles. The third-order valence-electron chi connectivity index (χ3n) is 5.90. The van der Waals surface area contributed by atoms with Crippen LogP contribution in [0.5, 0.6) is 11.5 Å². The van der Waals surface area contributed by atoms with Crippen molar-refractivity contribution in [3.8, 4) is 11.5 Å². The van der Waals surface area contributed by atoms with Gasteiger partial charge in [0.1, 0.15) is 11.5 Å². The summed E-state index contributed by atoms with van der Waals surface area (Å²) >= 11 is 0. The minimum atomic E-state index is -0.308. The molecule has 1 saturated heterocycles. The van der Waals surface area contributed by atoms with Gasteiger partial charge in [0.2, 0.25) is 11.8 Å². The van der Waals surface area contributed by atoms with Crippen molar-refractivity contribution < 1.29 is 19.1 Å². The molecule has 1 heterocycles. The lowest BCUT2D eigenvalue weighted by Gasteiger charge is -2.41. The molecule has 0 bridgehead atoms. The Labute approximate surface area is 184 Å². The predicted octanol–water partition coefficient (Wildman–Crippen LogP) is 4.10. The van der Waals surface area contributed by atoms with E-state index in [1.54, 1.807) is 14.2 Å². The lowest BCUT2D eigenvalue weighted by molar-refractivity contribution is -0.143. The first kappa shape index (κ1) is 22.7. The van der Waals surface area contributed by atoms with Crippen molar-refractivity contribution in [3.05, 3.63) is 59.7 Å². The van der Waals surface area contributed by atoms with Crippen LogP contribution in [0.1, 0.15) is 49.8 Å². The van der Waals surface area contributed by atoms with Crippen molar-refractivity contribution in [3.63, 3.8) is 0 Å². The molecule has 2 atom stereocenters. The lowest BCUT2D eigenvalue weighted by atomic mass is 9.83. The Kier molecular flexibility index (Phi) is 7.93. The topological polar surface area (TPSA) is 67.9 Å². The van der Waals surface area contributed by atoms with Crippen LogP contribution in [0.2, 0.25) is 0 Å². The monoisotopic (exact) mass is 424 g/mol. The van der Waals surface area contributed by atoms with Crippen LogP contribution >= 0.6 is 0 Å². The van der Waals surface area contributed by atoms with E-state index in [0.717, 1.165) is 35.5 Å². The van der Waals surface area contributed by atoms with E-state index in [2.05, 4.69) is 12.2 Å². The molecule has 0 saturated carbocycles. The van der Waals surface area contributed by atoms with Gasteiger partial charge in [-0.15, -0.1) is 0 Å². The number of amides is 2. The van der Waals surface area contributed by atoms with Crippen LogP contribution in [0.3, 0.4) is 0 Å². The Morgan fingerprint density at radius 2 is 1.84 bits per heavy atom. The SMILES string of the molecule is CCCCN1C(=O)CC[C@H](C(=O)NCc2ccccc2OC)[C@H]1c1ccc(OC)cc1. The molecule has 6 nitrogen and oxygen atoms in total. The minimum Gasteiger partial charge on any atom is -0.497 e. The van der Waals surface area contributed by atoms with Crippen LogP contribution in [-0.4, -0.2) is 37.5 Å². The van der Waals surface area contributed by atoms with Crippen molar-refractivity contribution in [1.29, 1.82) is 0 Å². The molecule has 1 aliphatic rings. The molecular weight excluding hydrogens is 392 g/mol. The highest BCUT2D eigenvalue weighted by molar-refractivity contribution is 5.85. The van der Waals surface area contributed by atoms with Crippen LogP contribution in [0.15, 0.2) is 48.5 Å². The average molecular weight is 425 g/mol. The number of hydrogen-bond acceptors (Lipinski definition) is 4. The first-order valence-electron chi connectivity index (χ1n) is 10.9. The zero-order valence-electron chi connectivity index (χ0n) is 18.6. The van der Waals surface area contributed by atoms with E-state index in [4.69, 9.17) is 9.47 Å². The number of hydrogen-bond donors (Lipinski definition) is 1. The van der Waals surface area contributed by atoms with E-state index in [0.29, 0.717) is 25.9 Å². The van der Waals surface area contributed by atoms with Gasteiger partial charge in [-0.25, -0.2) is 0 Å². The van der Waals surface area contributed by atoms with Crippen molar-refractivity contribution >= 4 is 11.8 Å². The van der Waals surface area contributed by atoms with Gasteiger partial charge in [0.15, 0.2) is 0 Å². The number of carbonyl (C=O) groups excluding carboxylic acids is 2. The summed E-state index contributed by atoms with van der Waals surface area (Å²) in [5.74, 6) is 1.27. The third-order valence-corrected chi connectivity index (χ3v) is 5.90. The second-order valence-electron chi connectivity index (χ2n) is 7.83. The third kappa shape index (κ3) is 5.37. The fourth-order valence-corrected chi connectivity index (χ4v) is 4.20. The summed E-state index contributed by atoms with van der Waals surface area (Å²) in [7, 11) is 3.25.